The van der Waals surface area contributed by atoms with Crippen molar-refractivity contribution in [1.29, 1.82) is 0 Å². The monoisotopic (exact) mass is 346 g/mol. The van der Waals surface area contributed by atoms with Crippen LogP contribution in [0, 0.1) is 0 Å². The van der Waals surface area contributed by atoms with Crippen LogP contribution in [0.2, 0.25) is 0 Å². The average molecular weight is 346 g/mol. The lowest BCUT2D eigenvalue weighted by Gasteiger charge is -2.43. The Bertz CT molecular complexity index is 743. The molecule has 8 nitrogen and oxygen atoms in total. The summed E-state index contributed by atoms with van der Waals surface area (Å²) >= 11 is 1.46. The molecule has 1 saturated heterocycles. The fourth-order valence-corrected chi connectivity index (χ4v) is 4.12. The Balaban J connectivity index is 1.54. The number of anilines is 1. The molecule has 24 heavy (non-hydrogen) atoms. The quantitative estimate of drug-likeness (QED) is 0.771. The van der Waals surface area contributed by atoms with Gasteiger partial charge in [-0.3, -0.25) is 9.89 Å². The molecule has 0 spiro atoms. The normalized spacial score (nSPS) is 23.5. The number of aromatic amines is 1. The molecule has 3 heterocycles. The van der Waals surface area contributed by atoms with Gasteiger partial charge in [0.25, 0.3) is 0 Å². The van der Waals surface area contributed by atoms with Gasteiger partial charge in [0, 0.05) is 17.6 Å². The first-order valence-electron chi connectivity index (χ1n) is 8.02. The Kier molecular flexibility index (Phi) is 3.93. The fraction of sp³-hybridized carbons (Fsp3) is 0.467. The van der Waals surface area contributed by atoms with Gasteiger partial charge < -0.3 is 15.5 Å². The summed E-state index contributed by atoms with van der Waals surface area (Å²) in [5.74, 6) is -0.0966. The van der Waals surface area contributed by atoms with Crippen LogP contribution < -0.4 is 10.6 Å². The predicted octanol–water partition coefficient (Wildman–Crippen LogP) is 1.81. The van der Waals surface area contributed by atoms with Gasteiger partial charge in [-0.15, -0.1) is 11.3 Å². The van der Waals surface area contributed by atoms with Crippen LogP contribution in [0.3, 0.4) is 0 Å². The van der Waals surface area contributed by atoms with E-state index in [1.54, 1.807) is 17.3 Å². The molecule has 2 aliphatic rings. The summed E-state index contributed by atoms with van der Waals surface area (Å²) in [6, 6.07) is -0.138. The molecule has 0 bridgehead atoms. The van der Waals surface area contributed by atoms with Crippen LogP contribution in [0.1, 0.15) is 25.7 Å². The SMILES string of the molecule is O=C1CN(C(=O)Nc2cn[nH]c2-c2nccs2)C2CCCCC2N1. The lowest BCUT2D eigenvalue weighted by molar-refractivity contribution is -0.126. The topological polar surface area (TPSA) is 103 Å². The number of carbonyl (C=O) groups excluding carboxylic acids is 2. The lowest BCUT2D eigenvalue weighted by Crippen LogP contribution is -2.63. The fourth-order valence-electron chi connectivity index (χ4n) is 3.48. The summed E-state index contributed by atoms with van der Waals surface area (Å²) in [7, 11) is 0. The lowest BCUT2D eigenvalue weighted by atomic mass is 9.87. The molecule has 1 aliphatic heterocycles. The number of carbonyl (C=O) groups is 2. The zero-order valence-electron chi connectivity index (χ0n) is 13.0. The summed E-state index contributed by atoms with van der Waals surface area (Å²) in [6.07, 6.45) is 7.29. The largest absolute Gasteiger partial charge is 0.350 e. The summed E-state index contributed by atoms with van der Waals surface area (Å²) in [4.78, 5) is 30.6. The van der Waals surface area contributed by atoms with Crippen molar-refractivity contribution < 1.29 is 9.59 Å². The predicted molar refractivity (Wildman–Crippen MR) is 89.6 cm³/mol. The van der Waals surface area contributed by atoms with Crippen LogP contribution in [0.15, 0.2) is 17.8 Å². The van der Waals surface area contributed by atoms with Crippen LogP contribution in [0.4, 0.5) is 10.5 Å². The minimum atomic E-state index is -0.263. The molecule has 4 rings (SSSR count). The second kappa shape index (κ2) is 6.23. The number of amides is 3. The minimum absolute atomic E-state index is 0.0617. The maximum absolute atomic E-state index is 12.8. The zero-order valence-corrected chi connectivity index (χ0v) is 13.8. The molecule has 0 aromatic carbocycles. The summed E-state index contributed by atoms with van der Waals surface area (Å²) < 4.78 is 0. The van der Waals surface area contributed by atoms with E-state index < -0.39 is 0 Å². The zero-order chi connectivity index (χ0) is 16.5. The van der Waals surface area contributed by atoms with E-state index in [1.165, 1.54) is 11.3 Å². The van der Waals surface area contributed by atoms with Crippen LogP contribution in [-0.2, 0) is 4.79 Å². The van der Waals surface area contributed by atoms with E-state index in [0.29, 0.717) is 11.4 Å². The Morgan fingerprint density at radius 1 is 1.38 bits per heavy atom. The first-order chi connectivity index (χ1) is 11.7. The van der Waals surface area contributed by atoms with Crippen LogP contribution in [0.5, 0.6) is 0 Å². The van der Waals surface area contributed by atoms with E-state index in [-0.39, 0.29) is 30.6 Å². The number of hydrogen-bond donors (Lipinski definition) is 3. The van der Waals surface area contributed by atoms with Crippen LogP contribution in [-0.4, -0.2) is 50.6 Å². The molecular formula is C15H18N6O2S. The van der Waals surface area contributed by atoms with Crippen molar-refractivity contribution in [2.45, 2.75) is 37.8 Å². The van der Waals surface area contributed by atoms with Crippen molar-refractivity contribution in [2.24, 2.45) is 0 Å². The number of thiazole rings is 1. The molecule has 2 fully saturated rings. The average Bonchev–Trinajstić information content (AvgIpc) is 3.25. The first-order valence-corrected chi connectivity index (χ1v) is 8.90. The molecule has 2 atom stereocenters. The van der Waals surface area contributed by atoms with Gasteiger partial charge >= 0.3 is 6.03 Å². The van der Waals surface area contributed by atoms with Gasteiger partial charge in [-0.05, 0) is 12.8 Å². The van der Waals surface area contributed by atoms with Crippen molar-refractivity contribution in [1.82, 2.24) is 25.4 Å². The molecule has 2 aromatic rings. The second-order valence-electron chi connectivity index (χ2n) is 6.08. The minimum Gasteiger partial charge on any atom is -0.350 e. The van der Waals surface area contributed by atoms with Crippen LogP contribution >= 0.6 is 11.3 Å². The number of fused-ring (bicyclic) bond motifs is 1. The van der Waals surface area contributed by atoms with Gasteiger partial charge in [-0.2, -0.15) is 5.10 Å². The van der Waals surface area contributed by atoms with Crippen molar-refractivity contribution in [3.8, 4) is 10.7 Å². The summed E-state index contributed by atoms with van der Waals surface area (Å²) in [6.45, 7) is 0.0947. The second-order valence-corrected chi connectivity index (χ2v) is 6.97. The molecule has 9 heteroatoms. The van der Waals surface area contributed by atoms with Crippen molar-refractivity contribution >= 4 is 29.0 Å². The van der Waals surface area contributed by atoms with Gasteiger partial charge in [-0.1, -0.05) is 12.8 Å². The van der Waals surface area contributed by atoms with E-state index >= 15 is 0 Å². The van der Waals surface area contributed by atoms with Crippen molar-refractivity contribution in [3.63, 3.8) is 0 Å². The highest BCUT2D eigenvalue weighted by molar-refractivity contribution is 7.13. The number of urea groups is 1. The number of aromatic nitrogens is 3. The Labute approximate surface area is 142 Å². The molecule has 2 aromatic heterocycles. The summed E-state index contributed by atoms with van der Waals surface area (Å²) in [5, 5.41) is 15.4. The van der Waals surface area contributed by atoms with Crippen LogP contribution in [0.25, 0.3) is 10.7 Å². The van der Waals surface area contributed by atoms with Crippen molar-refractivity contribution in [3.05, 3.63) is 17.8 Å². The highest BCUT2D eigenvalue weighted by Gasteiger charge is 2.39. The standard InChI is InChI=1S/C15H18N6O2S/c22-12-8-21(11-4-2-1-3-9(11)18-12)15(23)19-10-7-17-20-13(10)14-16-5-6-24-14/h5-7,9,11H,1-4,8H2,(H,17,20)(H,18,22)(H,19,23). The smallest absolute Gasteiger partial charge is 0.322 e. The van der Waals surface area contributed by atoms with E-state index in [2.05, 4.69) is 25.8 Å². The third-order valence-electron chi connectivity index (χ3n) is 4.58. The van der Waals surface area contributed by atoms with Gasteiger partial charge in [0.15, 0.2) is 0 Å². The van der Waals surface area contributed by atoms with Gasteiger partial charge in [0.05, 0.1) is 17.9 Å². The molecule has 0 radical (unpaired) electrons. The third kappa shape index (κ3) is 2.75. The molecular weight excluding hydrogens is 328 g/mol. The number of H-pyrrole nitrogens is 1. The van der Waals surface area contributed by atoms with Crippen molar-refractivity contribution in [2.75, 3.05) is 11.9 Å². The summed E-state index contributed by atoms with van der Waals surface area (Å²) in [5.41, 5.74) is 1.26. The van der Waals surface area contributed by atoms with Gasteiger partial charge in [-0.25, -0.2) is 9.78 Å². The number of nitrogens with zero attached hydrogens (tertiary/aromatic N) is 3. The maximum Gasteiger partial charge on any atom is 0.322 e. The first kappa shape index (κ1) is 15.1. The van der Waals surface area contributed by atoms with E-state index in [1.807, 2.05) is 5.38 Å². The molecule has 126 valence electrons. The van der Waals surface area contributed by atoms with Gasteiger partial charge in [0.1, 0.15) is 17.2 Å². The molecule has 3 N–H and O–H groups in total. The third-order valence-corrected chi connectivity index (χ3v) is 5.37. The Hall–Kier alpha value is -2.42. The molecule has 3 amide bonds. The Morgan fingerprint density at radius 3 is 3.08 bits per heavy atom. The molecule has 1 saturated carbocycles. The highest BCUT2D eigenvalue weighted by Crippen LogP contribution is 2.29. The van der Waals surface area contributed by atoms with E-state index in [0.717, 1.165) is 30.7 Å². The highest BCUT2D eigenvalue weighted by atomic mass is 32.1. The number of rotatable bonds is 2. The molecule has 2 unspecified atom stereocenters. The number of nitrogens with one attached hydrogen (secondary N) is 3. The molecule has 1 aliphatic carbocycles. The van der Waals surface area contributed by atoms with E-state index in [4.69, 9.17) is 0 Å². The number of hydrogen-bond acceptors (Lipinski definition) is 5. The maximum atomic E-state index is 12.8. The number of piperazine rings is 1. The Morgan fingerprint density at radius 2 is 2.25 bits per heavy atom. The van der Waals surface area contributed by atoms with E-state index in [9.17, 15) is 9.59 Å². The van der Waals surface area contributed by atoms with Gasteiger partial charge in [0.2, 0.25) is 5.91 Å².